The van der Waals surface area contributed by atoms with Gasteiger partial charge >= 0.3 is 0 Å². The molecule has 1 aromatic rings. The first-order valence-corrected chi connectivity index (χ1v) is 5.88. The second-order valence-electron chi connectivity index (χ2n) is 3.92. The number of ether oxygens (including phenoxy) is 1. The van der Waals surface area contributed by atoms with Gasteiger partial charge in [0.15, 0.2) is 0 Å². The van der Waals surface area contributed by atoms with E-state index in [9.17, 15) is 0 Å². The van der Waals surface area contributed by atoms with Crippen molar-refractivity contribution in [3.05, 3.63) is 24.4 Å². The summed E-state index contributed by atoms with van der Waals surface area (Å²) in [5.74, 6) is 1.05. The lowest BCUT2D eigenvalue weighted by molar-refractivity contribution is 0.0935. The van der Waals surface area contributed by atoms with Gasteiger partial charge in [0.05, 0.1) is 19.3 Å². The van der Waals surface area contributed by atoms with Crippen LogP contribution in [0.1, 0.15) is 6.92 Å². The minimum atomic E-state index is 0.392. The van der Waals surface area contributed by atoms with Gasteiger partial charge in [-0.05, 0) is 18.7 Å². The van der Waals surface area contributed by atoms with Crippen LogP contribution in [-0.4, -0.2) is 43.9 Å². The smallest absolute Gasteiger partial charge is 0.128 e. The fraction of sp³-hybridized carbons (Fsp3) is 0.583. The van der Waals surface area contributed by atoms with Gasteiger partial charge in [-0.15, -0.1) is 0 Å². The van der Waals surface area contributed by atoms with E-state index in [2.05, 4.69) is 28.2 Å². The Morgan fingerprint density at radius 2 is 2.50 bits per heavy atom. The van der Waals surface area contributed by atoms with Crippen LogP contribution < -0.4 is 10.2 Å². The zero-order valence-corrected chi connectivity index (χ0v) is 9.72. The van der Waals surface area contributed by atoms with E-state index < -0.39 is 0 Å². The zero-order valence-electron chi connectivity index (χ0n) is 9.72. The maximum atomic E-state index is 5.52. The van der Waals surface area contributed by atoms with E-state index in [4.69, 9.17) is 4.74 Å². The molecule has 0 radical (unpaired) electrons. The van der Waals surface area contributed by atoms with Crippen LogP contribution in [0.25, 0.3) is 0 Å². The third kappa shape index (κ3) is 2.71. The summed E-state index contributed by atoms with van der Waals surface area (Å²) >= 11 is 0. The number of anilines is 1. The first-order chi connectivity index (χ1) is 7.92. The van der Waals surface area contributed by atoms with Gasteiger partial charge < -0.3 is 15.0 Å². The number of pyridine rings is 1. The van der Waals surface area contributed by atoms with Crippen LogP contribution in [0.4, 0.5) is 5.82 Å². The van der Waals surface area contributed by atoms with Gasteiger partial charge in [-0.3, -0.25) is 0 Å². The number of morpholine rings is 1. The number of rotatable bonds is 4. The largest absolute Gasteiger partial charge is 0.377 e. The first-order valence-electron chi connectivity index (χ1n) is 5.88. The molecule has 0 aromatic carbocycles. The molecule has 16 heavy (non-hydrogen) atoms. The van der Waals surface area contributed by atoms with Crippen LogP contribution in [0.3, 0.4) is 0 Å². The number of nitrogens with zero attached hydrogens (tertiary/aromatic N) is 2. The molecule has 0 saturated carbocycles. The van der Waals surface area contributed by atoms with Crippen molar-refractivity contribution < 1.29 is 4.74 Å². The Balaban J connectivity index is 2.04. The highest BCUT2D eigenvalue weighted by Gasteiger charge is 2.23. The molecule has 0 spiro atoms. The van der Waals surface area contributed by atoms with Gasteiger partial charge in [0.2, 0.25) is 0 Å². The van der Waals surface area contributed by atoms with Crippen molar-refractivity contribution in [2.24, 2.45) is 0 Å². The van der Waals surface area contributed by atoms with Crippen LogP contribution in [-0.2, 0) is 4.74 Å². The predicted octanol–water partition coefficient (Wildman–Crippen LogP) is 0.896. The minimum absolute atomic E-state index is 0.392. The van der Waals surface area contributed by atoms with Crippen molar-refractivity contribution >= 4 is 5.82 Å². The molecule has 2 heterocycles. The van der Waals surface area contributed by atoms with Crippen LogP contribution in [0.5, 0.6) is 0 Å². The Morgan fingerprint density at radius 3 is 3.25 bits per heavy atom. The lowest BCUT2D eigenvalue weighted by Crippen LogP contribution is -2.50. The van der Waals surface area contributed by atoms with Crippen molar-refractivity contribution in [3.8, 4) is 0 Å². The zero-order chi connectivity index (χ0) is 11.2. The predicted molar refractivity (Wildman–Crippen MR) is 64.7 cm³/mol. The molecular formula is C12H19N3O. The monoisotopic (exact) mass is 221 g/mol. The van der Waals surface area contributed by atoms with Crippen molar-refractivity contribution in [2.45, 2.75) is 13.0 Å². The van der Waals surface area contributed by atoms with Gasteiger partial charge in [0.25, 0.3) is 0 Å². The number of hydrogen-bond acceptors (Lipinski definition) is 4. The summed E-state index contributed by atoms with van der Waals surface area (Å²) in [5, 5.41) is 3.37. The molecule has 0 bridgehead atoms. The summed E-state index contributed by atoms with van der Waals surface area (Å²) in [4.78, 5) is 6.73. The van der Waals surface area contributed by atoms with Gasteiger partial charge in [0, 0.05) is 19.3 Å². The molecule has 1 atom stereocenters. The summed E-state index contributed by atoms with van der Waals surface area (Å²) in [6.07, 6.45) is 1.84. The van der Waals surface area contributed by atoms with E-state index in [1.165, 1.54) is 0 Å². The number of hydrogen-bond donors (Lipinski definition) is 1. The van der Waals surface area contributed by atoms with Gasteiger partial charge in [-0.25, -0.2) is 4.98 Å². The lowest BCUT2D eigenvalue weighted by atomic mass is 10.2. The molecule has 1 aliphatic rings. The molecule has 4 heteroatoms. The van der Waals surface area contributed by atoms with Crippen LogP contribution >= 0.6 is 0 Å². The Labute approximate surface area is 96.6 Å². The maximum Gasteiger partial charge on any atom is 0.128 e. The summed E-state index contributed by atoms with van der Waals surface area (Å²) in [6, 6.07) is 6.43. The van der Waals surface area contributed by atoms with E-state index in [0.29, 0.717) is 6.04 Å². The topological polar surface area (TPSA) is 37.4 Å². The maximum absolute atomic E-state index is 5.52. The van der Waals surface area contributed by atoms with Gasteiger partial charge in [-0.1, -0.05) is 13.0 Å². The molecule has 1 aliphatic heterocycles. The van der Waals surface area contributed by atoms with Gasteiger partial charge in [-0.2, -0.15) is 0 Å². The quantitative estimate of drug-likeness (QED) is 0.819. The van der Waals surface area contributed by atoms with Gasteiger partial charge in [0.1, 0.15) is 5.82 Å². The fourth-order valence-corrected chi connectivity index (χ4v) is 1.96. The molecule has 88 valence electrons. The van der Waals surface area contributed by atoms with Crippen molar-refractivity contribution in [1.82, 2.24) is 10.3 Å². The molecule has 2 rings (SSSR count). The van der Waals surface area contributed by atoms with Crippen molar-refractivity contribution in [2.75, 3.05) is 37.7 Å². The molecule has 0 amide bonds. The lowest BCUT2D eigenvalue weighted by Gasteiger charge is -2.36. The highest BCUT2D eigenvalue weighted by Crippen LogP contribution is 2.15. The molecule has 1 unspecified atom stereocenters. The second-order valence-corrected chi connectivity index (χ2v) is 3.92. The molecule has 1 saturated heterocycles. The standard InChI is InChI=1S/C12H19N3O/c1-2-13-9-11-10-16-8-7-15(11)12-5-3-4-6-14-12/h3-6,11,13H,2,7-10H2,1H3. The second kappa shape index (κ2) is 5.82. The van der Waals surface area contributed by atoms with E-state index in [1.54, 1.807) is 0 Å². The molecule has 0 aliphatic carbocycles. The van der Waals surface area contributed by atoms with E-state index >= 15 is 0 Å². The molecule has 4 nitrogen and oxygen atoms in total. The van der Waals surface area contributed by atoms with Crippen LogP contribution in [0.2, 0.25) is 0 Å². The number of aromatic nitrogens is 1. The average molecular weight is 221 g/mol. The average Bonchev–Trinajstić information content (AvgIpc) is 2.38. The highest BCUT2D eigenvalue weighted by molar-refractivity contribution is 5.39. The Kier molecular flexibility index (Phi) is 4.13. The van der Waals surface area contributed by atoms with E-state index in [-0.39, 0.29) is 0 Å². The Bertz CT molecular complexity index is 304. The third-order valence-corrected chi connectivity index (χ3v) is 2.80. The fourth-order valence-electron chi connectivity index (χ4n) is 1.96. The van der Waals surface area contributed by atoms with Crippen molar-refractivity contribution in [3.63, 3.8) is 0 Å². The Morgan fingerprint density at radius 1 is 1.56 bits per heavy atom. The summed E-state index contributed by atoms with van der Waals surface area (Å²) in [6.45, 7) is 6.56. The minimum Gasteiger partial charge on any atom is -0.377 e. The van der Waals surface area contributed by atoms with E-state index in [0.717, 1.165) is 38.7 Å². The molecular weight excluding hydrogens is 202 g/mol. The van der Waals surface area contributed by atoms with E-state index in [1.807, 2.05) is 18.3 Å². The first kappa shape index (κ1) is 11.4. The molecule has 1 N–H and O–H groups in total. The Hall–Kier alpha value is -1.13. The summed E-state index contributed by atoms with van der Waals surface area (Å²) < 4.78 is 5.52. The number of nitrogens with one attached hydrogen (secondary N) is 1. The third-order valence-electron chi connectivity index (χ3n) is 2.80. The van der Waals surface area contributed by atoms with Crippen LogP contribution in [0, 0.1) is 0 Å². The normalized spacial score (nSPS) is 21.1. The van der Waals surface area contributed by atoms with Crippen LogP contribution in [0.15, 0.2) is 24.4 Å². The summed E-state index contributed by atoms with van der Waals surface area (Å²) in [5.41, 5.74) is 0. The summed E-state index contributed by atoms with van der Waals surface area (Å²) in [7, 11) is 0. The SMILES string of the molecule is CCNCC1COCCN1c1ccccn1. The molecule has 1 fully saturated rings. The van der Waals surface area contributed by atoms with Crippen molar-refractivity contribution in [1.29, 1.82) is 0 Å². The number of likely N-dealkylation sites (N-methyl/N-ethyl adjacent to an activating group) is 1. The molecule has 1 aromatic heterocycles. The highest BCUT2D eigenvalue weighted by atomic mass is 16.5.